The Balaban J connectivity index is 2.96. The molecular weight excluding hydrogens is 344 g/mol. The van der Waals surface area contributed by atoms with Gasteiger partial charge in [0.25, 0.3) is 0 Å². The van der Waals surface area contributed by atoms with Crippen LogP contribution in [0.15, 0.2) is 0 Å². The van der Waals surface area contributed by atoms with Crippen LogP contribution in [0.3, 0.4) is 0 Å². The molecular formula is C18H34O8. The molecule has 0 radical (unpaired) electrons. The SMILES string of the molecule is C#CCOCCOCCOCCOCCOCCOCCOCCOC. The predicted octanol–water partition coefficient (Wildman–Crippen LogP) is 0.382. The van der Waals surface area contributed by atoms with Crippen molar-refractivity contribution in [1.82, 2.24) is 0 Å². The van der Waals surface area contributed by atoms with Crippen molar-refractivity contribution in [3.63, 3.8) is 0 Å². The van der Waals surface area contributed by atoms with Gasteiger partial charge in [0.1, 0.15) is 6.61 Å². The summed E-state index contributed by atoms with van der Waals surface area (Å²) >= 11 is 0. The molecule has 0 heterocycles. The van der Waals surface area contributed by atoms with E-state index in [4.69, 9.17) is 44.3 Å². The summed E-state index contributed by atoms with van der Waals surface area (Å²) in [5.74, 6) is 2.39. The number of hydrogen-bond donors (Lipinski definition) is 0. The average molecular weight is 378 g/mol. The monoisotopic (exact) mass is 378 g/mol. The van der Waals surface area contributed by atoms with Crippen LogP contribution >= 0.6 is 0 Å². The van der Waals surface area contributed by atoms with Crippen molar-refractivity contribution < 1.29 is 37.9 Å². The Hall–Kier alpha value is -0.760. The molecule has 0 aliphatic carbocycles. The molecule has 154 valence electrons. The Morgan fingerprint density at radius 1 is 0.462 bits per heavy atom. The van der Waals surface area contributed by atoms with Crippen LogP contribution in [0.25, 0.3) is 0 Å². The fraction of sp³-hybridized carbons (Fsp3) is 0.889. The molecule has 0 N–H and O–H groups in total. The van der Waals surface area contributed by atoms with Crippen LogP contribution < -0.4 is 0 Å². The van der Waals surface area contributed by atoms with Gasteiger partial charge in [0, 0.05) is 7.11 Å². The van der Waals surface area contributed by atoms with Crippen LogP contribution in [0.5, 0.6) is 0 Å². The Labute approximate surface area is 157 Å². The topological polar surface area (TPSA) is 73.8 Å². The first kappa shape index (κ1) is 25.2. The molecule has 8 nitrogen and oxygen atoms in total. The van der Waals surface area contributed by atoms with Gasteiger partial charge < -0.3 is 37.9 Å². The van der Waals surface area contributed by atoms with Gasteiger partial charge in [0.15, 0.2) is 0 Å². The Morgan fingerprint density at radius 3 is 1.00 bits per heavy atom. The lowest BCUT2D eigenvalue weighted by Gasteiger charge is -2.08. The first-order chi connectivity index (χ1) is 12.9. The summed E-state index contributed by atoms with van der Waals surface area (Å²) in [4.78, 5) is 0. The van der Waals surface area contributed by atoms with Crippen molar-refractivity contribution in [2.24, 2.45) is 0 Å². The van der Waals surface area contributed by atoms with Crippen LogP contribution in [0.2, 0.25) is 0 Å². The molecule has 0 bridgehead atoms. The second-order valence-corrected chi connectivity index (χ2v) is 4.92. The number of ether oxygens (including phenoxy) is 8. The predicted molar refractivity (Wildman–Crippen MR) is 96.4 cm³/mol. The highest BCUT2D eigenvalue weighted by atomic mass is 16.6. The molecule has 0 saturated carbocycles. The van der Waals surface area contributed by atoms with Crippen LogP contribution in [0.1, 0.15) is 0 Å². The lowest BCUT2D eigenvalue weighted by molar-refractivity contribution is -0.0214. The quantitative estimate of drug-likeness (QED) is 0.198. The molecule has 0 aliphatic heterocycles. The minimum absolute atomic E-state index is 0.318. The van der Waals surface area contributed by atoms with E-state index in [0.717, 1.165) is 0 Å². The molecule has 8 heteroatoms. The van der Waals surface area contributed by atoms with Crippen LogP contribution in [-0.4, -0.2) is 106 Å². The number of terminal acetylenes is 1. The summed E-state index contributed by atoms with van der Waals surface area (Å²) < 4.78 is 42.0. The Morgan fingerprint density at radius 2 is 0.731 bits per heavy atom. The molecule has 26 heavy (non-hydrogen) atoms. The van der Waals surface area contributed by atoms with Gasteiger partial charge in [-0.15, -0.1) is 6.42 Å². The Kier molecular flexibility index (Phi) is 23.5. The zero-order chi connectivity index (χ0) is 19.0. The minimum Gasteiger partial charge on any atom is -0.382 e. The highest BCUT2D eigenvalue weighted by Crippen LogP contribution is 1.85. The second kappa shape index (κ2) is 24.2. The van der Waals surface area contributed by atoms with Gasteiger partial charge >= 0.3 is 0 Å². The summed E-state index contributed by atoms with van der Waals surface area (Å²) in [5, 5.41) is 0. The fourth-order valence-electron chi connectivity index (χ4n) is 1.59. The molecule has 0 aromatic rings. The minimum atomic E-state index is 0.318. The lowest BCUT2D eigenvalue weighted by atomic mass is 10.6. The zero-order valence-electron chi connectivity index (χ0n) is 15.9. The van der Waals surface area contributed by atoms with E-state index in [1.807, 2.05) is 0 Å². The standard InChI is InChI=1S/C18H34O8/c1-3-4-20-7-8-22-11-12-24-15-16-26-18-17-25-14-13-23-10-9-21-6-5-19-2/h1H,4-18H2,2H3. The second-order valence-electron chi connectivity index (χ2n) is 4.92. The van der Waals surface area contributed by atoms with Gasteiger partial charge in [0.05, 0.1) is 92.5 Å². The van der Waals surface area contributed by atoms with Gasteiger partial charge in [-0.3, -0.25) is 0 Å². The first-order valence-electron chi connectivity index (χ1n) is 8.88. The van der Waals surface area contributed by atoms with E-state index in [0.29, 0.717) is 99.1 Å². The largest absolute Gasteiger partial charge is 0.382 e. The third-order valence-corrected chi connectivity index (χ3v) is 2.85. The maximum Gasteiger partial charge on any atom is 0.107 e. The molecule has 0 rings (SSSR count). The first-order valence-corrected chi connectivity index (χ1v) is 8.88. The fourth-order valence-corrected chi connectivity index (χ4v) is 1.59. The van der Waals surface area contributed by atoms with E-state index in [1.165, 1.54) is 0 Å². The molecule has 0 aromatic heterocycles. The van der Waals surface area contributed by atoms with E-state index in [9.17, 15) is 0 Å². The molecule has 0 unspecified atom stereocenters. The summed E-state index contributed by atoms with van der Waals surface area (Å²) in [7, 11) is 1.64. The van der Waals surface area contributed by atoms with Gasteiger partial charge in [-0.05, 0) is 0 Å². The smallest absolute Gasteiger partial charge is 0.107 e. The van der Waals surface area contributed by atoms with Gasteiger partial charge in [-0.25, -0.2) is 0 Å². The molecule has 0 atom stereocenters. The molecule has 0 amide bonds. The molecule has 0 aliphatic rings. The van der Waals surface area contributed by atoms with E-state index in [1.54, 1.807) is 7.11 Å². The number of rotatable bonds is 22. The molecule has 0 spiro atoms. The highest BCUT2D eigenvalue weighted by Gasteiger charge is 1.94. The summed E-state index contributed by atoms with van der Waals surface area (Å²) in [5.41, 5.74) is 0. The van der Waals surface area contributed by atoms with E-state index >= 15 is 0 Å². The van der Waals surface area contributed by atoms with Crippen LogP contribution in [-0.2, 0) is 37.9 Å². The lowest BCUT2D eigenvalue weighted by Crippen LogP contribution is -2.14. The summed E-state index contributed by atoms with van der Waals surface area (Å²) in [6.07, 6.45) is 5.05. The van der Waals surface area contributed by atoms with E-state index < -0.39 is 0 Å². The van der Waals surface area contributed by atoms with Gasteiger partial charge in [-0.1, -0.05) is 5.92 Å². The van der Waals surface area contributed by atoms with Crippen molar-refractivity contribution in [3.05, 3.63) is 0 Å². The highest BCUT2D eigenvalue weighted by molar-refractivity contribution is 4.82. The zero-order valence-corrected chi connectivity index (χ0v) is 15.9. The molecule has 0 aromatic carbocycles. The maximum absolute atomic E-state index is 5.39. The third-order valence-electron chi connectivity index (χ3n) is 2.85. The van der Waals surface area contributed by atoms with Crippen molar-refractivity contribution >= 4 is 0 Å². The Bertz CT molecular complexity index is 295. The van der Waals surface area contributed by atoms with Crippen LogP contribution in [0, 0.1) is 12.3 Å². The maximum atomic E-state index is 5.39. The van der Waals surface area contributed by atoms with Crippen LogP contribution in [0.4, 0.5) is 0 Å². The molecule has 0 saturated heterocycles. The summed E-state index contributed by atoms with van der Waals surface area (Å²) in [6.45, 7) is 7.93. The number of methoxy groups -OCH3 is 1. The van der Waals surface area contributed by atoms with Crippen molar-refractivity contribution in [1.29, 1.82) is 0 Å². The van der Waals surface area contributed by atoms with Gasteiger partial charge in [0.2, 0.25) is 0 Å². The van der Waals surface area contributed by atoms with Crippen molar-refractivity contribution in [2.45, 2.75) is 0 Å². The number of hydrogen-bond acceptors (Lipinski definition) is 8. The molecule has 0 fully saturated rings. The summed E-state index contributed by atoms with van der Waals surface area (Å²) in [6, 6.07) is 0. The third kappa shape index (κ3) is 23.2. The van der Waals surface area contributed by atoms with Gasteiger partial charge in [-0.2, -0.15) is 0 Å². The van der Waals surface area contributed by atoms with Crippen molar-refractivity contribution in [3.8, 4) is 12.3 Å². The average Bonchev–Trinajstić information content (AvgIpc) is 2.66. The normalized spacial score (nSPS) is 10.9. The van der Waals surface area contributed by atoms with E-state index in [-0.39, 0.29) is 0 Å². The van der Waals surface area contributed by atoms with E-state index in [2.05, 4.69) is 5.92 Å². The van der Waals surface area contributed by atoms with Crippen molar-refractivity contribution in [2.75, 3.05) is 106 Å².